The zero-order chi connectivity index (χ0) is 17.5. The Labute approximate surface area is 163 Å². The lowest BCUT2D eigenvalue weighted by molar-refractivity contribution is -0.131. The molecule has 0 unspecified atom stereocenters. The number of carbonyl (C=O) groups excluding carboxylic acids is 2. The van der Waals surface area contributed by atoms with Gasteiger partial charge in [-0.2, -0.15) is 0 Å². The summed E-state index contributed by atoms with van der Waals surface area (Å²) in [6.45, 7) is 3.45. The number of nitrogens with zero attached hydrogens (tertiary/aromatic N) is 2. The van der Waals surface area contributed by atoms with Gasteiger partial charge >= 0.3 is 0 Å². The molecule has 25 heavy (non-hydrogen) atoms. The Balaban J connectivity index is 0.00000312. The van der Waals surface area contributed by atoms with Crippen molar-refractivity contribution in [2.24, 2.45) is 0 Å². The van der Waals surface area contributed by atoms with Gasteiger partial charge in [0.05, 0.1) is 28.8 Å². The van der Waals surface area contributed by atoms with Crippen LogP contribution in [0.15, 0.2) is 18.2 Å². The molecule has 0 bridgehead atoms. The van der Waals surface area contributed by atoms with Crippen LogP contribution >= 0.6 is 35.6 Å². The van der Waals surface area contributed by atoms with Crippen LogP contribution in [0, 0.1) is 0 Å². The predicted octanol–water partition coefficient (Wildman–Crippen LogP) is 1.94. The average molecular weight is 411 g/mol. The Kier molecular flexibility index (Phi) is 9.53. The summed E-state index contributed by atoms with van der Waals surface area (Å²) in [6.07, 6.45) is 0. The number of nitrogens with one attached hydrogen (secondary N) is 1. The maximum atomic E-state index is 12.5. The van der Waals surface area contributed by atoms with Crippen molar-refractivity contribution in [1.29, 1.82) is 0 Å². The lowest BCUT2D eigenvalue weighted by atomic mass is 10.1. The van der Waals surface area contributed by atoms with Gasteiger partial charge in [-0.3, -0.25) is 9.59 Å². The Morgan fingerprint density at radius 2 is 1.80 bits per heavy atom. The summed E-state index contributed by atoms with van der Waals surface area (Å²) in [5.74, 6) is -0.133. The lowest BCUT2D eigenvalue weighted by Crippen LogP contribution is -2.52. The maximum absolute atomic E-state index is 12.5. The van der Waals surface area contributed by atoms with E-state index in [1.54, 1.807) is 35.1 Å². The van der Waals surface area contributed by atoms with E-state index in [9.17, 15) is 9.59 Å². The smallest absolute Gasteiger partial charge is 0.255 e. The lowest BCUT2D eigenvalue weighted by Gasteiger charge is -2.35. The molecule has 140 valence electrons. The second-order valence-corrected chi connectivity index (χ2v) is 6.23. The fourth-order valence-corrected chi connectivity index (χ4v) is 2.86. The van der Waals surface area contributed by atoms with Crippen LogP contribution in [0.3, 0.4) is 0 Å². The minimum Gasteiger partial charge on any atom is -0.383 e. The highest BCUT2D eigenvalue weighted by molar-refractivity contribution is 6.43. The van der Waals surface area contributed by atoms with Crippen LogP contribution in [-0.4, -0.2) is 74.6 Å². The molecule has 0 aliphatic carbocycles. The van der Waals surface area contributed by atoms with Crippen LogP contribution in [0.1, 0.15) is 10.4 Å². The van der Waals surface area contributed by atoms with Gasteiger partial charge in [0.2, 0.25) is 5.91 Å². The molecular weight excluding hydrogens is 389 g/mol. The van der Waals surface area contributed by atoms with Gasteiger partial charge < -0.3 is 19.9 Å². The molecule has 2 amide bonds. The van der Waals surface area contributed by atoms with Crippen LogP contribution in [-0.2, 0) is 9.53 Å². The monoisotopic (exact) mass is 409 g/mol. The summed E-state index contributed by atoms with van der Waals surface area (Å²) in [6, 6.07) is 5.01. The van der Waals surface area contributed by atoms with E-state index >= 15 is 0 Å². The molecule has 1 N–H and O–H groups in total. The number of halogens is 3. The van der Waals surface area contributed by atoms with Gasteiger partial charge in [0, 0.05) is 39.8 Å². The van der Waals surface area contributed by atoms with Crippen LogP contribution in [0.25, 0.3) is 0 Å². The Morgan fingerprint density at radius 3 is 2.44 bits per heavy atom. The molecule has 0 radical (unpaired) electrons. The molecular formula is C16H22Cl3N3O3. The molecule has 9 heteroatoms. The standard InChI is InChI=1S/C16H21Cl2N3O3.ClH/c1-24-10-5-19-11-14(22)20-6-8-21(9-7-20)16(23)12-3-2-4-13(17)15(12)18;/h2-4,19H,5-11H2,1H3;1H. The predicted molar refractivity (Wildman–Crippen MR) is 101 cm³/mol. The van der Waals surface area contributed by atoms with Crippen LogP contribution in [0.5, 0.6) is 0 Å². The number of hydrogen-bond donors (Lipinski definition) is 1. The highest BCUT2D eigenvalue weighted by atomic mass is 35.5. The van der Waals surface area contributed by atoms with E-state index < -0.39 is 0 Å². The van der Waals surface area contributed by atoms with Crippen molar-refractivity contribution in [3.63, 3.8) is 0 Å². The number of carbonyl (C=O) groups is 2. The van der Waals surface area contributed by atoms with Gasteiger partial charge in [-0.05, 0) is 12.1 Å². The van der Waals surface area contributed by atoms with Gasteiger partial charge in [0.15, 0.2) is 0 Å². The van der Waals surface area contributed by atoms with Crippen LogP contribution in [0.4, 0.5) is 0 Å². The van der Waals surface area contributed by atoms with Crippen molar-refractivity contribution >= 4 is 47.4 Å². The third kappa shape index (κ3) is 6.01. The molecule has 2 rings (SSSR count). The first-order chi connectivity index (χ1) is 11.5. The first kappa shape index (κ1) is 22.0. The maximum Gasteiger partial charge on any atom is 0.255 e. The van der Waals surface area contributed by atoms with Crippen LogP contribution < -0.4 is 5.32 Å². The normalized spacial score (nSPS) is 14.2. The largest absolute Gasteiger partial charge is 0.383 e. The van der Waals surface area contributed by atoms with Gasteiger partial charge in [-0.15, -0.1) is 12.4 Å². The zero-order valence-corrected chi connectivity index (χ0v) is 16.3. The van der Waals surface area contributed by atoms with Gasteiger partial charge in [0.1, 0.15) is 0 Å². The molecule has 1 aromatic rings. The second kappa shape index (κ2) is 10.8. The first-order valence-electron chi connectivity index (χ1n) is 7.75. The molecule has 0 atom stereocenters. The van der Waals surface area contributed by atoms with Crippen molar-refractivity contribution < 1.29 is 14.3 Å². The topological polar surface area (TPSA) is 61.9 Å². The average Bonchev–Trinajstić information content (AvgIpc) is 2.60. The number of ether oxygens (including phenoxy) is 1. The Bertz CT molecular complexity index is 593. The van der Waals surface area contributed by atoms with Crippen molar-refractivity contribution in [3.8, 4) is 0 Å². The van der Waals surface area contributed by atoms with Crippen molar-refractivity contribution in [2.75, 3.05) is 53.0 Å². The number of benzene rings is 1. The fourth-order valence-electron chi connectivity index (χ4n) is 2.48. The molecule has 1 aliphatic rings. The molecule has 1 heterocycles. The summed E-state index contributed by atoms with van der Waals surface area (Å²) >= 11 is 12.1. The number of rotatable bonds is 6. The highest BCUT2D eigenvalue weighted by Gasteiger charge is 2.26. The molecule has 6 nitrogen and oxygen atoms in total. The number of amides is 2. The SMILES string of the molecule is COCCNCC(=O)N1CCN(C(=O)c2cccc(Cl)c2Cl)CC1.Cl. The van der Waals surface area contributed by atoms with Gasteiger partial charge in [-0.25, -0.2) is 0 Å². The third-order valence-corrected chi connectivity index (χ3v) is 4.68. The Morgan fingerprint density at radius 1 is 1.16 bits per heavy atom. The quantitative estimate of drug-likeness (QED) is 0.728. The van der Waals surface area contributed by atoms with E-state index in [1.807, 2.05) is 0 Å². The van der Waals surface area contributed by atoms with E-state index in [2.05, 4.69) is 5.32 Å². The summed E-state index contributed by atoms with van der Waals surface area (Å²) in [4.78, 5) is 28.1. The first-order valence-corrected chi connectivity index (χ1v) is 8.51. The van der Waals surface area contributed by atoms with Crippen LogP contribution in [0.2, 0.25) is 10.0 Å². The minimum absolute atomic E-state index is 0. The molecule has 1 aromatic carbocycles. The van der Waals surface area contributed by atoms with Crippen molar-refractivity contribution in [1.82, 2.24) is 15.1 Å². The van der Waals surface area contributed by atoms with Gasteiger partial charge in [-0.1, -0.05) is 29.3 Å². The minimum atomic E-state index is -0.159. The highest BCUT2D eigenvalue weighted by Crippen LogP contribution is 2.26. The second-order valence-electron chi connectivity index (χ2n) is 5.44. The van der Waals surface area contributed by atoms with E-state index in [4.69, 9.17) is 27.9 Å². The van der Waals surface area contributed by atoms with E-state index in [-0.39, 0.29) is 35.8 Å². The summed E-state index contributed by atoms with van der Waals surface area (Å²) in [5.41, 5.74) is 0.394. The third-order valence-electron chi connectivity index (χ3n) is 3.86. The van der Waals surface area contributed by atoms with E-state index in [1.165, 1.54) is 0 Å². The van der Waals surface area contributed by atoms with Crippen molar-refractivity contribution in [3.05, 3.63) is 33.8 Å². The molecule has 0 aromatic heterocycles. The van der Waals surface area contributed by atoms with E-state index in [0.29, 0.717) is 49.9 Å². The summed E-state index contributed by atoms with van der Waals surface area (Å²) < 4.78 is 4.92. The summed E-state index contributed by atoms with van der Waals surface area (Å²) in [5, 5.41) is 3.66. The zero-order valence-electron chi connectivity index (χ0n) is 14.0. The molecule has 1 saturated heterocycles. The molecule has 0 saturated carbocycles. The number of methoxy groups -OCH3 is 1. The van der Waals surface area contributed by atoms with E-state index in [0.717, 1.165) is 0 Å². The summed E-state index contributed by atoms with van der Waals surface area (Å²) in [7, 11) is 1.62. The van der Waals surface area contributed by atoms with Gasteiger partial charge in [0.25, 0.3) is 5.91 Å². The molecule has 1 fully saturated rings. The number of hydrogen-bond acceptors (Lipinski definition) is 4. The Hall–Kier alpha value is -1.05. The molecule has 0 spiro atoms. The molecule has 1 aliphatic heterocycles. The fraction of sp³-hybridized carbons (Fsp3) is 0.500. The number of piperazine rings is 1. The van der Waals surface area contributed by atoms with Crippen molar-refractivity contribution in [2.45, 2.75) is 0 Å².